The molecule has 21 heavy (non-hydrogen) atoms. The van der Waals surface area contributed by atoms with E-state index in [4.69, 9.17) is 5.73 Å². The minimum absolute atomic E-state index is 0.168. The van der Waals surface area contributed by atoms with E-state index in [-0.39, 0.29) is 11.8 Å². The maximum atomic E-state index is 12.2. The third kappa shape index (κ3) is 3.39. The van der Waals surface area contributed by atoms with E-state index in [1.54, 1.807) is 62.6 Å². The minimum atomic E-state index is -0.304. The van der Waals surface area contributed by atoms with Gasteiger partial charge in [-0.25, -0.2) is 0 Å². The second-order valence-electron chi connectivity index (χ2n) is 4.82. The summed E-state index contributed by atoms with van der Waals surface area (Å²) in [6.07, 6.45) is 0. The highest BCUT2D eigenvalue weighted by atomic mass is 16.2. The molecule has 0 aliphatic rings. The molecule has 0 aliphatic heterocycles. The molecule has 0 aromatic heterocycles. The van der Waals surface area contributed by atoms with Crippen molar-refractivity contribution in [3.63, 3.8) is 0 Å². The standard InChI is InChI=1S/C16H17N3O2/c1-19(2)16(21)13-8-3-4-9-14(13)18-15(20)11-6-5-7-12(17)10-11/h3-10H,17H2,1-2H3,(H,18,20). The van der Waals surface area contributed by atoms with E-state index in [2.05, 4.69) is 5.32 Å². The van der Waals surface area contributed by atoms with Crippen molar-refractivity contribution in [3.8, 4) is 0 Å². The number of para-hydroxylation sites is 1. The normalized spacial score (nSPS) is 10.0. The predicted octanol–water partition coefficient (Wildman–Crippen LogP) is 2.22. The van der Waals surface area contributed by atoms with Gasteiger partial charge in [0.15, 0.2) is 0 Å². The summed E-state index contributed by atoms with van der Waals surface area (Å²) in [6.45, 7) is 0. The van der Waals surface area contributed by atoms with Gasteiger partial charge in [-0.2, -0.15) is 0 Å². The molecular formula is C16H17N3O2. The number of hydrogen-bond donors (Lipinski definition) is 2. The fourth-order valence-electron chi connectivity index (χ4n) is 1.89. The summed E-state index contributed by atoms with van der Waals surface area (Å²) < 4.78 is 0. The fraction of sp³-hybridized carbons (Fsp3) is 0.125. The molecular weight excluding hydrogens is 266 g/mol. The molecule has 0 bridgehead atoms. The van der Waals surface area contributed by atoms with Crippen LogP contribution in [0.5, 0.6) is 0 Å². The van der Waals surface area contributed by atoms with Crippen LogP contribution in [0.25, 0.3) is 0 Å². The van der Waals surface area contributed by atoms with Crippen molar-refractivity contribution in [1.82, 2.24) is 4.90 Å². The van der Waals surface area contributed by atoms with Gasteiger partial charge in [0, 0.05) is 25.3 Å². The Hall–Kier alpha value is -2.82. The zero-order valence-corrected chi connectivity index (χ0v) is 12.0. The van der Waals surface area contributed by atoms with E-state index in [1.165, 1.54) is 4.90 Å². The highest BCUT2D eigenvalue weighted by molar-refractivity contribution is 6.09. The Morgan fingerprint density at radius 2 is 1.76 bits per heavy atom. The molecule has 0 saturated carbocycles. The zero-order chi connectivity index (χ0) is 15.4. The van der Waals surface area contributed by atoms with E-state index in [1.807, 2.05) is 0 Å². The van der Waals surface area contributed by atoms with Crippen LogP contribution in [0.3, 0.4) is 0 Å². The van der Waals surface area contributed by atoms with Gasteiger partial charge in [0.1, 0.15) is 0 Å². The van der Waals surface area contributed by atoms with Gasteiger partial charge in [-0.05, 0) is 30.3 Å². The first kappa shape index (κ1) is 14.6. The molecule has 0 spiro atoms. The first-order valence-corrected chi connectivity index (χ1v) is 6.46. The minimum Gasteiger partial charge on any atom is -0.399 e. The number of rotatable bonds is 3. The van der Waals surface area contributed by atoms with Crippen LogP contribution in [0, 0.1) is 0 Å². The van der Waals surface area contributed by atoms with Crippen molar-refractivity contribution in [3.05, 3.63) is 59.7 Å². The Bertz CT molecular complexity index is 681. The average molecular weight is 283 g/mol. The van der Waals surface area contributed by atoms with Gasteiger partial charge >= 0.3 is 0 Å². The summed E-state index contributed by atoms with van der Waals surface area (Å²) in [5.41, 5.74) is 7.55. The molecule has 5 heteroatoms. The van der Waals surface area contributed by atoms with E-state index in [9.17, 15) is 9.59 Å². The van der Waals surface area contributed by atoms with Gasteiger partial charge in [0.2, 0.25) is 0 Å². The topological polar surface area (TPSA) is 75.4 Å². The van der Waals surface area contributed by atoms with E-state index in [0.717, 1.165) is 0 Å². The number of nitrogens with one attached hydrogen (secondary N) is 1. The SMILES string of the molecule is CN(C)C(=O)c1ccccc1NC(=O)c1cccc(N)c1. The maximum Gasteiger partial charge on any atom is 0.255 e. The van der Waals surface area contributed by atoms with Crippen LogP contribution in [0.4, 0.5) is 11.4 Å². The molecule has 0 atom stereocenters. The Morgan fingerprint density at radius 1 is 1.05 bits per heavy atom. The molecule has 5 nitrogen and oxygen atoms in total. The number of amides is 2. The van der Waals surface area contributed by atoms with Crippen molar-refractivity contribution < 1.29 is 9.59 Å². The number of nitrogen functional groups attached to an aromatic ring is 1. The molecule has 0 unspecified atom stereocenters. The molecule has 2 rings (SSSR count). The average Bonchev–Trinajstić information content (AvgIpc) is 2.47. The van der Waals surface area contributed by atoms with Gasteiger partial charge in [0.25, 0.3) is 11.8 Å². The van der Waals surface area contributed by atoms with Gasteiger partial charge in [0.05, 0.1) is 11.3 Å². The maximum absolute atomic E-state index is 12.2. The summed E-state index contributed by atoms with van der Waals surface area (Å²) >= 11 is 0. The first-order valence-electron chi connectivity index (χ1n) is 6.46. The number of nitrogens with two attached hydrogens (primary N) is 1. The number of hydrogen-bond acceptors (Lipinski definition) is 3. The molecule has 2 aromatic rings. The van der Waals surface area contributed by atoms with Crippen LogP contribution in [0.2, 0.25) is 0 Å². The van der Waals surface area contributed by atoms with Crippen molar-refractivity contribution in [2.24, 2.45) is 0 Å². The number of nitrogens with zero attached hydrogens (tertiary/aromatic N) is 1. The lowest BCUT2D eigenvalue weighted by atomic mass is 10.1. The molecule has 0 aliphatic carbocycles. The van der Waals surface area contributed by atoms with Crippen LogP contribution in [-0.4, -0.2) is 30.8 Å². The van der Waals surface area contributed by atoms with E-state index in [0.29, 0.717) is 22.5 Å². The lowest BCUT2D eigenvalue weighted by molar-refractivity contribution is 0.0828. The molecule has 2 amide bonds. The summed E-state index contributed by atoms with van der Waals surface area (Å²) in [4.78, 5) is 25.8. The second-order valence-corrected chi connectivity index (χ2v) is 4.82. The largest absolute Gasteiger partial charge is 0.399 e. The Balaban J connectivity index is 2.28. The van der Waals surface area contributed by atoms with E-state index < -0.39 is 0 Å². The summed E-state index contributed by atoms with van der Waals surface area (Å²) in [7, 11) is 3.33. The third-order valence-electron chi connectivity index (χ3n) is 2.96. The van der Waals surface area contributed by atoms with Crippen LogP contribution < -0.4 is 11.1 Å². The zero-order valence-electron chi connectivity index (χ0n) is 12.0. The highest BCUT2D eigenvalue weighted by Gasteiger charge is 2.15. The van der Waals surface area contributed by atoms with Gasteiger partial charge in [-0.3, -0.25) is 9.59 Å². The van der Waals surface area contributed by atoms with Gasteiger partial charge in [-0.15, -0.1) is 0 Å². The number of anilines is 2. The van der Waals surface area contributed by atoms with Crippen molar-refractivity contribution in [1.29, 1.82) is 0 Å². The first-order chi connectivity index (χ1) is 9.99. The van der Waals surface area contributed by atoms with Crippen LogP contribution in [0.1, 0.15) is 20.7 Å². The number of benzene rings is 2. The molecule has 108 valence electrons. The molecule has 2 aromatic carbocycles. The third-order valence-corrected chi connectivity index (χ3v) is 2.96. The second kappa shape index (κ2) is 6.09. The highest BCUT2D eigenvalue weighted by Crippen LogP contribution is 2.18. The molecule has 0 saturated heterocycles. The number of carbonyl (C=O) groups excluding carboxylic acids is 2. The van der Waals surface area contributed by atoms with Crippen molar-refractivity contribution in [2.75, 3.05) is 25.1 Å². The monoisotopic (exact) mass is 283 g/mol. The summed E-state index contributed by atoms with van der Waals surface area (Å²) in [5.74, 6) is -0.472. The summed E-state index contributed by atoms with van der Waals surface area (Å²) in [5, 5.41) is 2.75. The van der Waals surface area contributed by atoms with Crippen LogP contribution in [-0.2, 0) is 0 Å². The quantitative estimate of drug-likeness (QED) is 0.848. The molecule has 3 N–H and O–H groups in total. The molecule has 0 fully saturated rings. The number of carbonyl (C=O) groups is 2. The lowest BCUT2D eigenvalue weighted by Gasteiger charge is -2.14. The van der Waals surface area contributed by atoms with Gasteiger partial charge in [-0.1, -0.05) is 18.2 Å². The van der Waals surface area contributed by atoms with Crippen molar-refractivity contribution >= 4 is 23.2 Å². The van der Waals surface area contributed by atoms with Crippen LogP contribution in [0.15, 0.2) is 48.5 Å². The molecule has 0 radical (unpaired) electrons. The smallest absolute Gasteiger partial charge is 0.255 e. The van der Waals surface area contributed by atoms with Crippen LogP contribution >= 0.6 is 0 Å². The fourth-order valence-corrected chi connectivity index (χ4v) is 1.89. The Labute approximate surface area is 123 Å². The Kier molecular flexibility index (Phi) is 4.23. The van der Waals surface area contributed by atoms with Crippen molar-refractivity contribution in [2.45, 2.75) is 0 Å². The summed E-state index contributed by atoms with van der Waals surface area (Å²) in [6, 6.07) is 13.6. The predicted molar refractivity (Wildman–Crippen MR) is 83.3 cm³/mol. The lowest BCUT2D eigenvalue weighted by Crippen LogP contribution is -2.24. The van der Waals surface area contributed by atoms with Gasteiger partial charge < -0.3 is 16.0 Å². The molecule has 0 heterocycles. The van der Waals surface area contributed by atoms with E-state index >= 15 is 0 Å². The Morgan fingerprint density at radius 3 is 2.43 bits per heavy atom.